The molecule has 0 saturated carbocycles. The number of allylic oxidation sites excluding steroid dienone is 1. The van der Waals surface area contributed by atoms with E-state index in [-0.39, 0.29) is 0 Å². The molecule has 1 aliphatic heterocycles. The average Bonchev–Trinajstić information content (AvgIpc) is 2.90. The molecule has 16 heavy (non-hydrogen) atoms. The Kier molecular flexibility index (Phi) is 2.27. The highest BCUT2D eigenvalue weighted by atomic mass is 15.0. The fraction of sp³-hybridized carbons (Fsp3) is 0.357. The van der Waals surface area contributed by atoms with Crippen LogP contribution in [-0.2, 0) is 0 Å². The maximum absolute atomic E-state index is 5.40. The van der Waals surface area contributed by atoms with E-state index in [1.165, 1.54) is 24.0 Å². The quantitative estimate of drug-likeness (QED) is 0.715. The zero-order valence-corrected chi connectivity index (χ0v) is 9.11. The smallest absolute Gasteiger partial charge is 0.0432 e. The second-order valence-electron chi connectivity index (χ2n) is 4.48. The number of terminal acetylenes is 1. The Morgan fingerprint density at radius 3 is 3.25 bits per heavy atom. The lowest BCUT2D eigenvalue weighted by molar-refractivity contribution is 0.557. The molecule has 2 aliphatic rings. The molecule has 1 aromatic heterocycles. The fourth-order valence-corrected chi connectivity index (χ4v) is 2.75. The van der Waals surface area contributed by atoms with Crippen molar-refractivity contribution in [1.82, 2.24) is 10.3 Å². The van der Waals surface area contributed by atoms with Crippen molar-refractivity contribution in [3.8, 4) is 12.3 Å². The molecular formula is C14H14N2. The monoisotopic (exact) mass is 210 g/mol. The van der Waals surface area contributed by atoms with Crippen molar-refractivity contribution in [2.24, 2.45) is 5.92 Å². The third-order valence-electron chi connectivity index (χ3n) is 3.56. The normalized spacial score (nSPS) is 27.3. The molecule has 0 aromatic carbocycles. The maximum Gasteiger partial charge on any atom is 0.0432 e. The van der Waals surface area contributed by atoms with Gasteiger partial charge in [0, 0.05) is 24.0 Å². The van der Waals surface area contributed by atoms with Crippen molar-refractivity contribution in [1.29, 1.82) is 0 Å². The van der Waals surface area contributed by atoms with Gasteiger partial charge in [0.2, 0.25) is 0 Å². The molecular weight excluding hydrogens is 196 g/mol. The van der Waals surface area contributed by atoms with E-state index < -0.39 is 0 Å². The molecule has 1 aliphatic carbocycles. The van der Waals surface area contributed by atoms with Gasteiger partial charge in [-0.3, -0.25) is 4.98 Å². The van der Waals surface area contributed by atoms with Gasteiger partial charge in [-0.1, -0.05) is 12.0 Å². The summed E-state index contributed by atoms with van der Waals surface area (Å²) in [4.78, 5) is 4.20. The van der Waals surface area contributed by atoms with Crippen molar-refractivity contribution < 1.29 is 0 Å². The van der Waals surface area contributed by atoms with Gasteiger partial charge in [-0.05, 0) is 42.5 Å². The molecule has 0 amide bonds. The number of aromatic nitrogens is 1. The number of pyridine rings is 1. The summed E-state index contributed by atoms with van der Waals surface area (Å²) < 4.78 is 0. The Morgan fingerprint density at radius 2 is 2.38 bits per heavy atom. The van der Waals surface area contributed by atoms with Gasteiger partial charge in [0.05, 0.1) is 0 Å². The molecule has 80 valence electrons. The maximum atomic E-state index is 5.40. The molecule has 0 unspecified atom stereocenters. The van der Waals surface area contributed by atoms with E-state index in [9.17, 15) is 0 Å². The number of nitrogens with zero attached hydrogens (tertiary/aromatic N) is 1. The molecule has 1 N–H and O–H groups in total. The third-order valence-corrected chi connectivity index (χ3v) is 3.56. The summed E-state index contributed by atoms with van der Waals surface area (Å²) in [5.41, 5.74) is 3.42. The minimum Gasteiger partial charge on any atom is -0.310 e. The lowest BCUT2D eigenvalue weighted by Gasteiger charge is -2.14. The number of nitrogens with one attached hydrogen (secondary N) is 1. The van der Waals surface area contributed by atoms with Crippen LogP contribution in [0.1, 0.15) is 24.0 Å². The number of fused-ring (bicyclic) bond motifs is 1. The first-order chi connectivity index (χ1) is 7.88. The molecule has 2 heteroatoms. The van der Waals surface area contributed by atoms with Crippen LogP contribution in [0, 0.1) is 18.3 Å². The van der Waals surface area contributed by atoms with Gasteiger partial charge in [-0.2, -0.15) is 0 Å². The molecule has 2 heterocycles. The van der Waals surface area contributed by atoms with E-state index in [1.807, 2.05) is 6.20 Å². The summed E-state index contributed by atoms with van der Waals surface area (Å²) in [6.07, 6.45) is 13.9. The van der Waals surface area contributed by atoms with Gasteiger partial charge in [-0.25, -0.2) is 0 Å². The SMILES string of the molecule is C#Cc1cncc(C2=CC[C@@H]3CCN[C@H]23)c1. The van der Waals surface area contributed by atoms with Crippen LogP contribution in [0.15, 0.2) is 24.5 Å². The Balaban J connectivity index is 1.95. The van der Waals surface area contributed by atoms with Crippen molar-refractivity contribution >= 4 is 5.57 Å². The third kappa shape index (κ3) is 1.45. The zero-order chi connectivity index (χ0) is 11.0. The average molecular weight is 210 g/mol. The van der Waals surface area contributed by atoms with Gasteiger partial charge in [0.1, 0.15) is 0 Å². The van der Waals surface area contributed by atoms with E-state index in [4.69, 9.17) is 6.42 Å². The van der Waals surface area contributed by atoms with E-state index in [1.54, 1.807) is 6.20 Å². The van der Waals surface area contributed by atoms with Crippen LogP contribution in [0.2, 0.25) is 0 Å². The van der Waals surface area contributed by atoms with E-state index in [0.29, 0.717) is 6.04 Å². The van der Waals surface area contributed by atoms with Gasteiger partial charge in [0.25, 0.3) is 0 Å². The minimum absolute atomic E-state index is 0.523. The molecule has 2 nitrogen and oxygen atoms in total. The topological polar surface area (TPSA) is 24.9 Å². The van der Waals surface area contributed by atoms with Crippen molar-refractivity contribution in [2.75, 3.05) is 6.54 Å². The largest absolute Gasteiger partial charge is 0.310 e. The van der Waals surface area contributed by atoms with Gasteiger partial charge < -0.3 is 5.32 Å². The molecule has 3 rings (SSSR count). The summed E-state index contributed by atoms with van der Waals surface area (Å²) >= 11 is 0. The van der Waals surface area contributed by atoms with Crippen molar-refractivity contribution in [3.05, 3.63) is 35.7 Å². The first-order valence-electron chi connectivity index (χ1n) is 5.74. The first kappa shape index (κ1) is 9.62. The van der Waals surface area contributed by atoms with Gasteiger partial charge in [-0.15, -0.1) is 6.42 Å². The van der Waals surface area contributed by atoms with Gasteiger partial charge >= 0.3 is 0 Å². The standard InChI is InChI=1S/C14H14N2/c1-2-10-7-12(9-15-8-10)13-4-3-11-5-6-16-14(11)13/h1,4,7-9,11,14,16H,3,5-6H2/t11-,14+/m1/s1. The molecule has 2 atom stereocenters. The Labute approximate surface area is 95.8 Å². The van der Waals surface area contributed by atoms with Crippen molar-refractivity contribution in [3.63, 3.8) is 0 Å². The highest BCUT2D eigenvalue weighted by Crippen LogP contribution is 2.37. The number of rotatable bonds is 1. The second-order valence-corrected chi connectivity index (χ2v) is 4.48. The first-order valence-corrected chi connectivity index (χ1v) is 5.74. The number of hydrogen-bond acceptors (Lipinski definition) is 2. The van der Waals surface area contributed by atoms with Crippen LogP contribution in [0.3, 0.4) is 0 Å². The molecule has 0 spiro atoms. The summed E-state index contributed by atoms with van der Waals surface area (Å²) in [5.74, 6) is 3.42. The van der Waals surface area contributed by atoms with Crippen LogP contribution < -0.4 is 5.32 Å². The fourth-order valence-electron chi connectivity index (χ4n) is 2.75. The number of hydrogen-bond donors (Lipinski definition) is 1. The summed E-state index contributed by atoms with van der Waals surface area (Å²) in [6.45, 7) is 1.13. The Bertz CT molecular complexity index is 482. The van der Waals surface area contributed by atoms with Crippen molar-refractivity contribution in [2.45, 2.75) is 18.9 Å². The Morgan fingerprint density at radius 1 is 1.44 bits per heavy atom. The van der Waals surface area contributed by atoms with Crippen LogP contribution >= 0.6 is 0 Å². The lowest BCUT2D eigenvalue weighted by atomic mass is 9.96. The summed E-state index contributed by atoms with van der Waals surface area (Å²) in [7, 11) is 0. The molecule has 0 bridgehead atoms. The van der Waals surface area contributed by atoms with Crippen LogP contribution in [0.25, 0.3) is 5.57 Å². The Hall–Kier alpha value is -1.59. The van der Waals surface area contributed by atoms with Crippen LogP contribution in [-0.4, -0.2) is 17.6 Å². The predicted octanol–water partition coefficient (Wildman–Crippen LogP) is 1.83. The minimum atomic E-state index is 0.523. The van der Waals surface area contributed by atoms with Crippen LogP contribution in [0.5, 0.6) is 0 Å². The highest BCUT2D eigenvalue weighted by molar-refractivity contribution is 5.72. The predicted molar refractivity (Wildman–Crippen MR) is 64.7 cm³/mol. The zero-order valence-electron chi connectivity index (χ0n) is 9.11. The lowest BCUT2D eigenvalue weighted by Crippen LogP contribution is -2.24. The second kappa shape index (κ2) is 3.77. The molecule has 0 radical (unpaired) electrons. The van der Waals surface area contributed by atoms with Gasteiger partial charge in [0.15, 0.2) is 0 Å². The van der Waals surface area contributed by atoms with E-state index in [0.717, 1.165) is 18.0 Å². The van der Waals surface area contributed by atoms with Crippen LogP contribution in [0.4, 0.5) is 0 Å². The summed E-state index contributed by atoms with van der Waals surface area (Å²) in [6, 6.07) is 2.58. The molecule has 1 fully saturated rings. The highest BCUT2D eigenvalue weighted by Gasteiger charge is 2.33. The molecule has 1 aromatic rings. The molecule has 1 saturated heterocycles. The summed E-state index contributed by atoms with van der Waals surface area (Å²) in [5, 5.41) is 3.56. The van der Waals surface area contributed by atoms with E-state index in [2.05, 4.69) is 28.4 Å². The van der Waals surface area contributed by atoms with E-state index >= 15 is 0 Å².